The fourth-order valence-electron chi connectivity index (χ4n) is 2.79. The highest BCUT2D eigenvalue weighted by Crippen LogP contribution is 2.24. The van der Waals surface area contributed by atoms with E-state index in [1.807, 2.05) is 27.0 Å². The topological polar surface area (TPSA) is 40.6 Å². The molecule has 118 valence electrons. The molecule has 0 aliphatic carbocycles. The molecule has 0 radical (unpaired) electrons. The summed E-state index contributed by atoms with van der Waals surface area (Å²) < 4.78 is 27.4. The first-order valence-corrected chi connectivity index (χ1v) is 9.19. The van der Waals surface area contributed by atoms with Gasteiger partial charge in [-0.2, -0.15) is 4.31 Å². The Morgan fingerprint density at radius 2 is 2.05 bits per heavy atom. The molecule has 1 aromatic rings. The summed E-state index contributed by atoms with van der Waals surface area (Å²) in [5.74, 6) is 0.327. The van der Waals surface area contributed by atoms with Crippen molar-refractivity contribution in [2.75, 3.05) is 26.7 Å². The fraction of sp³-hybridized carbons (Fsp3) is 0.600. The van der Waals surface area contributed by atoms with Crippen molar-refractivity contribution in [3.63, 3.8) is 0 Å². The second kappa shape index (κ2) is 6.65. The molecule has 0 N–H and O–H groups in total. The Morgan fingerprint density at radius 3 is 2.71 bits per heavy atom. The first-order chi connectivity index (χ1) is 9.86. The quantitative estimate of drug-likeness (QED) is 0.799. The van der Waals surface area contributed by atoms with Crippen LogP contribution in [0.1, 0.15) is 24.5 Å². The van der Waals surface area contributed by atoms with Crippen LogP contribution >= 0.6 is 11.6 Å². The number of aryl methyl sites for hydroxylation is 1. The molecule has 0 saturated carbocycles. The lowest BCUT2D eigenvalue weighted by Gasteiger charge is -2.27. The van der Waals surface area contributed by atoms with Gasteiger partial charge in [-0.3, -0.25) is 0 Å². The van der Waals surface area contributed by atoms with Crippen molar-refractivity contribution in [3.05, 3.63) is 29.3 Å². The van der Waals surface area contributed by atoms with Crippen molar-refractivity contribution >= 4 is 21.6 Å². The van der Waals surface area contributed by atoms with Crippen molar-refractivity contribution in [2.24, 2.45) is 0 Å². The maximum Gasteiger partial charge on any atom is 0.243 e. The van der Waals surface area contributed by atoms with Crippen molar-refractivity contribution < 1.29 is 8.42 Å². The molecule has 0 aromatic heterocycles. The van der Waals surface area contributed by atoms with Crippen molar-refractivity contribution in [2.45, 2.75) is 37.1 Å². The van der Waals surface area contributed by atoms with Gasteiger partial charge in [-0.05, 0) is 57.1 Å². The van der Waals surface area contributed by atoms with Crippen LogP contribution in [0.5, 0.6) is 0 Å². The number of alkyl halides is 1. The van der Waals surface area contributed by atoms with Gasteiger partial charge in [-0.25, -0.2) is 8.42 Å². The summed E-state index contributed by atoms with van der Waals surface area (Å²) in [5.41, 5.74) is 1.89. The van der Waals surface area contributed by atoms with Crippen molar-refractivity contribution in [3.8, 4) is 0 Å². The summed E-state index contributed by atoms with van der Waals surface area (Å²) in [5, 5.41) is 0. The molecular weight excluding hydrogens is 308 g/mol. The molecule has 1 fully saturated rings. The molecule has 1 aliphatic heterocycles. The van der Waals surface area contributed by atoms with Crippen LogP contribution in [0.4, 0.5) is 0 Å². The van der Waals surface area contributed by atoms with Crippen LogP contribution in [-0.4, -0.2) is 50.3 Å². The predicted octanol–water partition coefficient (Wildman–Crippen LogP) is 2.45. The highest BCUT2D eigenvalue weighted by Gasteiger charge is 2.31. The van der Waals surface area contributed by atoms with Crippen LogP contribution in [0.25, 0.3) is 0 Å². The van der Waals surface area contributed by atoms with Gasteiger partial charge in [0.1, 0.15) is 0 Å². The SMILES string of the molecule is Cc1ccc(S(=O)(=O)N2CCCN(C)CC2C)cc1CCl. The molecule has 0 amide bonds. The van der Waals surface area contributed by atoms with Gasteiger partial charge in [-0.15, -0.1) is 11.6 Å². The van der Waals surface area contributed by atoms with Crippen molar-refractivity contribution in [1.29, 1.82) is 0 Å². The number of sulfonamides is 1. The molecule has 1 aromatic carbocycles. The number of hydrogen-bond donors (Lipinski definition) is 0. The Bertz CT molecular complexity index is 604. The minimum Gasteiger partial charge on any atom is -0.305 e. The molecule has 21 heavy (non-hydrogen) atoms. The minimum atomic E-state index is -3.46. The van der Waals surface area contributed by atoms with E-state index < -0.39 is 10.0 Å². The van der Waals surface area contributed by atoms with Gasteiger partial charge in [0.15, 0.2) is 0 Å². The zero-order chi connectivity index (χ0) is 15.6. The van der Waals surface area contributed by atoms with Gasteiger partial charge in [0.25, 0.3) is 0 Å². The minimum absolute atomic E-state index is 0.0248. The smallest absolute Gasteiger partial charge is 0.243 e. The van der Waals surface area contributed by atoms with Gasteiger partial charge in [0.2, 0.25) is 10.0 Å². The molecule has 4 nitrogen and oxygen atoms in total. The summed E-state index contributed by atoms with van der Waals surface area (Å²) in [6.07, 6.45) is 0.855. The van der Waals surface area contributed by atoms with Crippen LogP contribution in [0.15, 0.2) is 23.1 Å². The van der Waals surface area contributed by atoms with E-state index in [1.54, 1.807) is 16.4 Å². The summed E-state index contributed by atoms with van der Waals surface area (Å²) in [4.78, 5) is 2.53. The Hall–Kier alpha value is -0.620. The summed E-state index contributed by atoms with van der Waals surface area (Å²) >= 11 is 5.90. The number of nitrogens with zero attached hydrogens (tertiary/aromatic N) is 2. The maximum atomic E-state index is 12.9. The van der Waals surface area contributed by atoms with E-state index in [0.717, 1.165) is 30.6 Å². The van der Waals surface area contributed by atoms with Crippen LogP contribution in [0.3, 0.4) is 0 Å². The van der Waals surface area contributed by atoms with Crippen LogP contribution in [0.2, 0.25) is 0 Å². The second-order valence-corrected chi connectivity index (χ2v) is 7.96. The lowest BCUT2D eigenvalue weighted by atomic mass is 10.1. The number of halogens is 1. The maximum absolute atomic E-state index is 12.9. The van der Waals surface area contributed by atoms with E-state index in [9.17, 15) is 8.42 Å². The van der Waals surface area contributed by atoms with Gasteiger partial charge >= 0.3 is 0 Å². The Labute approximate surface area is 132 Å². The highest BCUT2D eigenvalue weighted by molar-refractivity contribution is 7.89. The molecule has 1 atom stereocenters. The van der Waals surface area contributed by atoms with Gasteiger partial charge in [-0.1, -0.05) is 6.07 Å². The molecule has 6 heteroatoms. The molecule has 1 heterocycles. The Morgan fingerprint density at radius 1 is 1.33 bits per heavy atom. The molecule has 1 saturated heterocycles. The third-order valence-electron chi connectivity index (χ3n) is 4.06. The lowest BCUT2D eigenvalue weighted by molar-refractivity contribution is 0.290. The third kappa shape index (κ3) is 3.59. The lowest BCUT2D eigenvalue weighted by Crippen LogP contribution is -2.41. The highest BCUT2D eigenvalue weighted by atomic mass is 35.5. The van der Waals surface area contributed by atoms with Crippen LogP contribution < -0.4 is 0 Å². The summed E-state index contributed by atoms with van der Waals surface area (Å²) in [7, 11) is -1.43. The number of hydrogen-bond acceptors (Lipinski definition) is 3. The number of benzene rings is 1. The van der Waals surface area contributed by atoms with Crippen molar-refractivity contribution in [1.82, 2.24) is 9.21 Å². The normalized spacial score (nSPS) is 22.2. The van der Waals surface area contributed by atoms with E-state index in [1.165, 1.54) is 0 Å². The molecule has 0 spiro atoms. The van der Waals surface area contributed by atoms with E-state index in [2.05, 4.69) is 4.90 Å². The zero-order valence-electron chi connectivity index (χ0n) is 12.8. The first kappa shape index (κ1) is 16.7. The molecule has 0 bridgehead atoms. The number of likely N-dealkylation sites (N-methyl/N-ethyl adjacent to an activating group) is 1. The van der Waals surface area contributed by atoms with Crippen LogP contribution in [0, 0.1) is 6.92 Å². The fourth-order valence-corrected chi connectivity index (χ4v) is 4.79. The molecular formula is C15H23ClN2O2S. The molecule has 1 unspecified atom stereocenters. The van der Waals surface area contributed by atoms with Gasteiger partial charge < -0.3 is 4.90 Å². The summed E-state index contributed by atoms with van der Waals surface area (Å²) in [6.45, 7) is 6.16. The Kier molecular flexibility index (Phi) is 5.30. The van der Waals surface area contributed by atoms with E-state index in [-0.39, 0.29) is 6.04 Å². The average Bonchev–Trinajstić information content (AvgIpc) is 2.59. The Balaban J connectivity index is 2.36. The number of rotatable bonds is 3. The van der Waals surface area contributed by atoms with Gasteiger partial charge in [0.05, 0.1) is 4.90 Å². The largest absolute Gasteiger partial charge is 0.305 e. The van der Waals surface area contributed by atoms with Crippen LogP contribution in [-0.2, 0) is 15.9 Å². The van der Waals surface area contributed by atoms with E-state index in [0.29, 0.717) is 17.3 Å². The second-order valence-electron chi connectivity index (χ2n) is 5.80. The monoisotopic (exact) mass is 330 g/mol. The van der Waals surface area contributed by atoms with Gasteiger partial charge in [0, 0.05) is 25.0 Å². The third-order valence-corrected chi connectivity index (χ3v) is 6.35. The summed E-state index contributed by atoms with van der Waals surface area (Å²) in [6, 6.07) is 5.20. The zero-order valence-corrected chi connectivity index (χ0v) is 14.4. The molecule has 1 aliphatic rings. The standard InChI is InChI=1S/C15H23ClN2O2S/c1-12-5-6-15(9-14(12)10-16)21(19,20)18-8-4-7-17(3)11-13(18)2/h5-6,9,13H,4,7-8,10-11H2,1-3H3. The van der Waals surface area contributed by atoms with E-state index >= 15 is 0 Å². The average molecular weight is 331 g/mol. The first-order valence-electron chi connectivity index (χ1n) is 7.22. The predicted molar refractivity (Wildman–Crippen MR) is 86.2 cm³/mol. The molecule has 2 rings (SSSR count). The van der Waals surface area contributed by atoms with E-state index in [4.69, 9.17) is 11.6 Å².